The van der Waals surface area contributed by atoms with Crippen LogP contribution >= 0.6 is 0 Å². The maximum absolute atomic E-state index is 12.5. The zero-order valence-corrected chi connectivity index (χ0v) is 17.1. The number of ether oxygens (including phenoxy) is 1. The quantitative estimate of drug-likeness (QED) is 0.700. The fourth-order valence-electron chi connectivity index (χ4n) is 3.76. The summed E-state index contributed by atoms with van der Waals surface area (Å²) in [5.74, 6) is 0.731. The van der Waals surface area contributed by atoms with Gasteiger partial charge in [0.15, 0.2) is 0 Å². The lowest BCUT2D eigenvalue weighted by Crippen LogP contribution is -2.39. The third-order valence-electron chi connectivity index (χ3n) is 5.50. The van der Waals surface area contributed by atoms with Crippen molar-refractivity contribution in [1.29, 1.82) is 0 Å². The van der Waals surface area contributed by atoms with Crippen LogP contribution in [0.15, 0.2) is 54.6 Å². The van der Waals surface area contributed by atoms with E-state index in [1.807, 2.05) is 59.5 Å². The number of rotatable bonds is 8. The van der Waals surface area contributed by atoms with Crippen LogP contribution in [0.4, 0.5) is 0 Å². The van der Waals surface area contributed by atoms with Gasteiger partial charge in [0.05, 0.1) is 13.0 Å². The normalized spacial score (nSPS) is 14.6. The Labute approximate surface area is 173 Å². The van der Waals surface area contributed by atoms with Crippen molar-refractivity contribution in [2.75, 3.05) is 33.4 Å². The minimum atomic E-state index is -0.0705. The lowest BCUT2D eigenvalue weighted by molar-refractivity contribution is -0.131. The topological polar surface area (TPSA) is 58.6 Å². The van der Waals surface area contributed by atoms with Gasteiger partial charge in [-0.2, -0.15) is 0 Å². The molecule has 2 aromatic carbocycles. The monoisotopic (exact) mass is 394 g/mol. The molecule has 0 spiro atoms. The van der Waals surface area contributed by atoms with Gasteiger partial charge in [-0.1, -0.05) is 42.5 Å². The van der Waals surface area contributed by atoms with Crippen molar-refractivity contribution >= 4 is 11.8 Å². The summed E-state index contributed by atoms with van der Waals surface area (Å²) in [7, 11) is 1.62. The number of hydrogen-bond donors (Lipinski definition) is 1. The van der Waals surface area contributed by atoms with Gasteiger partial charge < -0.3 is 15.0 Å². The van der Waals surface area contributed by atoms with Crippen molar-refractivity contribution in [1.82, 2.24) is 10.2 Å². The minimum absolute atomic E-state index is 0.0705. The van der Waals surface area contributed by atoms with E-state index < -0.39 is 0 Å². The van der Waals surface area contributed by atoms with Crippen LogP contribution in [0.2, 0.25) is 0 Å². The van der Waals surface area contributed by atoms with Crippen LogP contribution in [-0.4, -0.2) is 50.1 Å². The molecule has 29 heavy (non-hydrogen) atoms. The van der Waals surface area contributed by atoms with Crippen molar-refractivity contribution in [2.24, 2.45) is 5.92 Å². The number of benzene rings is 2. The number of carbonyl (C=O) groups is 2. The molecule has 1 fully saturated rings. The molecule has 1 heterocycles. The molecule has 1 aliphatic heterocycles. The summed E-state index contributed by atoms with van der Waals surface area (Å²) >= 11 is 0. The fraction of sp³-hybridized carbons (Fsp3) is 0.417. The molecule has 1 saturated heterocycles. The molecular weight excluding hydrogens is 364 g/mol. The van der Waals surface area contributed by atoms with E-state index in [-0.39, 0.29) is 11.8 Å². The Kier molecular flexibility index (Phi) is 7.82. The van der Waals surface area contributed by atoms with Gasteiger partial charge in [-0.25, -0.2) is 0 Å². The van der Waals surface area contributed by atoms with Crippen LogP contribution in [0.25, 0.3) is 0 Å². The highest BCUT2D eigenvalue weighted by Gasteiger charge is 2.23. The molecule has 2 amide bonds. The zero-order chi connectivity index (χ0) is 20.5. The molecule has 0 unspecified atom stereocenters. The molecule has 0 aliphatic carbocycles. The Balaban J connectivity index is 1.43. The molecule has 0 aromatic heterocycles. The van der Waals surface area contributed by atoms with Gasteiger partial charge in [0.1, 0.15) is 0 Å². The highest BCUT2D eigenvalue weighted by Crippen LogP contribution is 2.22. The second kappa shape index (κ2) is 10.8. The van der Waals surface area contributed by atoms with Gasteiger partial charge in [0.25, 0.3) is 5.91 Å². The van der Waals surface area contributed by atoms with Crippen LogP contribution < -0.4 is 5.32 Å². The predicted octanol–water partition coefficient (Wildman–Crippen LogP) is 3.09. The Bertz CT molecular complexity index is 782. The first kappa shape index (κ1) is 21.1. The van der Waals surface area contributed by atoms with E-state index in [1.54, 1.807) is 7.11 Å². The van der Waals surface area contributed by atoms with Crippen molar-refractivity contribution < 1.29 is 14.3 Å². The summed E-state index contributed by atoms with van der Waals surface area (Å²) in [6.07, 6.45) is 3.53. The lowest BCUT2D eigenvalue weighted by atomic mass is 9.89. The Hall–Kier alpha value is -2.66. The summed E-state index contributed by atoms with van der Waals surface area (Å²) in [6.45, 7) is 2.68. The van der Waals surface area contributed by atoms with E-state index in [9.17, 15) is 9.59 Å². The van der Waals surface area contributed by atoms with Crippen LogP contribution in [0.5, 0.6) is 0 Å². The largest absolute Gasteiger partial charge is 0.383 e. The van der Waals surface area contributed by atoms with E-state index >= 15 is 0 Å². The average Bonchev–Trinajstić information content (AvgIpc) is 2.75. The molecular formula is C24H30N2O3. The SMILES string of the molecule is COCCNC(=O)c1ccc(CC2CCN(C(=O)Cc3ccccc3)CC2)cc1. The fourth-order valence-corrected chi connectivity index (χ4v) is 3.76. The first-order valence-electron chi connectivity index (χ1n) is 10.3. The summed E-state index contributed by atoms with van der Waals surface area (Å²) in [4.78, 5) is 26.6. The second-order valence-electron chi connectivity index (χ2n) is 7.64. The molecule has 5 nitrogen and oxygen atoms in total. The van der Waals surface area contributed by atoms with E-state index in [0.29, 0.717) is 31.1 Å². The maximum atomic E-state index is 12.5. The number of hydrogen-bond acceptors (Lipinski definition) is 3. The molecule has 1 N–H and O–H groups in total. The first-order chi connectivity index (χ1) is 14.2. The van der Waals surface area contributed by atoms with E-state index in [4.69, 9.17) is 4.74 Å². The zero-order valence-electron chi connectivity index (χ0n) is 17.1. The first-order valence-corrected chi connectivity index (χ1v) is 10.3. The Morgan fingerprint density at radius 1 is 1.00 bits per heavy atom. The van der Waals surface area contributed by atoms with Gasteiger partial charge in [-0.15, -0.1) is 0 Å². The Morgan fingerprint density at radius 3 is 2.34 bits per heavy atom. The molecule has 0 bridgehead atoms. The number of methoxy groups -OCH3 is 1. The third kappa shape index (κ3) is 6.43. The maximum Gasteiger partial charge on any atom is 0.251 e. The third-order valence-corrected chi connectivity index (χ3v) is 5.50. The van der Waals surface area contributed by atoms with E-state index in [2.05, 4.69) is 5.32 Å². The number of carbonyl (C=O) groups excluding carboxylic acids is 2. The van der Waals surface area contributed by atoms with Crippen molar-refractivity contribution in [2.45, 2.75) is 25.7 Å². The van der Waals surface area contributed by atoms with Gasteiger partial charge in [-0.3, -0.25) is 9.59 Å². The minimum Gasteiger partial charge on any atom is -0.383 e. The molecule has 0 atom stereocenters. The molecule has 1 aliphatic rings. The number of nitrogens with zero attached hydrogens (tertiary/aromatic N) is 1. The predicted molar refractivity (Wildman–Crippen MR) is 114 cm³/mol. The molecule has 3 rings (SSSR count). The van der Waals surface area contributed by atoms with Crippen molar-refractivity contribution in [3.63, 3.8) is 0 Å². The molecule has 0 radical (unpaired) electrons. The number of amides is 2. The van der Waals surface area contributed by atoms with Gasteiger partial charge in [0, 0.05) is 32.3 Å². The molecule has 2 aromatic rings. The summed E-state index contributed by atoms with van der Waals surface area (Å²) in [6, 6.07) is 17.8. The highest BCUT2D eigenvalue weighted by molar-refractivity contribution is 5.94. The number of likely N-dealkylation sites (tertiary alicyclic amines) is 1. The standard InChI is InChI=1S/C24H30N2O3/c1-29-16-13-25-24(28)22-9-7-20(8-10-22)17-21-11-14-26(15-12-21)23(27)18-19-5-3-2-4-6-19/h2-10,21H,11-18H2,1H3,(H,25,28). The summed E-state index contributed by atoms with van der Waals surface area (Å²) < 4.78 is 4.94. The van der Waals surface area contributed by atoms with E-state index in [1.165, 1.54) is 5.56 Å². The van der Waals surface area contributed by atoms with Crippen molar-refractivity contribution in [3.05, 3.63) is 71.3 Å². The van der Waals surface area contributed by atoms with E-state index in [0.717, 1.165) is 37.9 Å². The molecule has 0 saturated carbocycles. The van der Waals surface area contributed by atoms with Gasteiger partial charge >= 0.3 is 0 Å². The van der Waals surface area contributed by atoms with Crippen LogP contribution in [0, 0.1) is 5.92 Å². The second-order valence-corrected chi connectivity index (χ2v) is 7.64. The van der Waals surface area contributed by atoms with Crippen molar-refractivity contribution in [3.8, 4) is 0 Å². The smallest absolute Gasteiger partial charge is 0.251 e. The number of piperidine rings is 1. The summed E-state index contributed by atoms with van der Waals surface area (Å²) in [5, 5.41) is 2.83. The van der Waals surface area contributed by atoms with Crippen LogP contribution in [0.3, 0.4) is 0 Å². The van der Waals surface area contributed by atoms with Crippen LogP contribution in [0.1, 0.15) is 34.3 Å². The summed E-state index contributed by atoms with van der Waals surface area (Å²) in [5.41, 5.74) is 2.99. The average molecular weight is 395 g/mol. The molecule has 5 heteroatoms. The lowest BCUT2D eigenvalue weighted by Gasteiger charge is -2.32. The van der Waals surface area contributed by atoms with Gasteiger partial charge in [-0.05, 0) is 48.4 Å². The highest BCUT2D eigenvalue weighted by atomic mass is 16.5. The Morgan fingerprint density at radius 2 is 1.69 bits per heavy atom. The number of nitrogens with one attached hydrogen (secondary N) is 1. The molecule has 154 valence electrons. The van der Waals surface area contributed by atoms with Crippen LogP contribution in [-0.2, 0) is 22.4 Å². The van der Waals surface area contributed by atoms with Gasteiger partial charge in [0.2, 0.25) is 5.91 Å².